The van der Waals surface area contributed by atoms with E-state index in [0.29, 0.717) is 0 Å². The van der Waals surface area contributed by atoms with E-state index in [1.807, 2.05) is 24.5 Å². The summed E-state index contributed by atoms with van der Waals surface area (Å²) in [5, 5.41) is 11.1. The van der Waals surface area contributed by atoms with Gasteiger partial charge in [-0.1, -0.05) is 23.7 Å². The maximum Gasteiger partial charge on any atom is 0.0707 e. The van der Waals surface area contributed by atoms with Gasteiger partial charge in [-0.3, -0.25) is 0 Å². The molecule has 1 heterocycles. The molecule has 0 bridgehead atoms. The van der Waals surface area contributed by atoms with Crippen LogP contribution >= 0.6 is 34.7 Å². The van der Waals surface area contributed by atoms with Gasteiger partial charge in [0.15, 0.2) is 0 Å². The Morgan fingerprint density at radius 2 is 2.29 bits per heavy atom. The maximum atomic E-state index is 9.28. The second kappa shape index (κ2) is 4.11. The molecule has 0 unspecified atom stereocenters. The zero-order chi connectivity index (χ0) is 10.1. The fraction of sp³-hybridized carbons (Fsp3) is 0.200. The van der Waals surface area contributed by atoms with Crippen molar-refractivity contribution in [3.05, 3.63) is 28.8 Å². The molecule has 0 atom stereocenters. The van der Waals surface area contributed by atoms with Crippen LogP contribution in [0, 0.1) is 0 Å². The molecule has 0 aliphatic carbocycles. The zero-order valence-corrected chi connectivity index (χ0v) is 9.97. The van der Waals surface area contributed by atoms with Crippen molar-refractivity contribution in [3.8, 4) is 0 Å². The van der Waals surface area contributed by atoms with Gasteiger partial charge in [-0.2, -0.15) is 0 Å². The van der Waals surface area contributed by atoms with Gasteiger partial charge in [-0.25, -0.2) is 0 Å². The maximum absolute atomic E-state index is 9.28. The van der Waals surface area contributed by atoms with E-state index in [1.54, 1.807) is 23.1 Å². The summed E-state index contributed by atoms with van der Waals surface area (Å²) in [5.41, 5.74) is 1.00. The number of fused-ring (bicyclic) bond motifs is 1. The van der Waals surface area contributed by atoms with Gasteiger partial charge < -0.3 is 5.11 Å². The van der Waals surface area contributed by atoms with Gasteiger partial charge >= 0.3 is 0 Å². The Bertz CT molecular complexity index is 464. The number of aliphatic hydroxyl groups is 1. The van der Waals surface area contributed by atoms with E-state index >= 15 is 0 Å². The van der Waals surface area contributed by atoms with Crippen molar-refractivity contribution in [3.63, 3.8) is 0 Å². The SMILES string of the molecule is CSc1sc2c(Cl)cccc2c1CO. The van der Waals surface area contributed by atoms with Crippen molar-refractivity contribution in [2.75, 3.05) is 6.26 Å². The minimum Gasteiger partial charge on any atom is -0.392 e. The molecule has 2 rings (SSSR count). The summed E-state index contributed by atoms with van der Waals surface area (Å²) in [6.45, 7) is 0.0799. The van der Waals surface area contributed by atoms with Gasteiger partial charge in [-0.05, 0) is 12.3 Å². The van der Waals surface area contributed by atoms with Gasteiger partial charge in [0.05, 0.1) is 20.5 Å². The summed E-state index contributed by atoms with van der Waals surface area (Å²) in [6.07, 6.45) is 2.01. The molecule has 14 heavy (non-hydrogen) atoms. The highest BCUT2D eigenvalue weighted by molar-refractivity contribution is 8.00. The van der Waals surface area contributed by atoms with Crippen LogP contribution < -0.4 is 0 Å². The number of rotatable bonds is 2. The fourth-order valence-electron chi connectivity index (χ4n) is 1.43. The molecule has 1 aromatic heterocycles. The van der Waals surface area contributed by atoms with E-state index in [0.717, 1.165) is 24.9 Å². The van der Waals surface area contributed by atoms with Crippen LogP contribution in [-0.2, 0) is 6.61 Å². The van der Waals surface area contributed by atoms with Crippen LogP contribution in [0.2, 0.25) is 5.02 Å². The fourth-order valence-corrected chi connectivity index (χ4v) is 3.67. The van der Waals surface area contributed by atoms with Gasteiger partial charge in [0.25, 0.3) is 0 Å². The smallest absolute Gasteiger partial charge is 0.0707 e. The highest BCUT2D eigenvalue weighted by Crippen LogP contribution is 2.40. The summed E-state index contributed by atoms with van der Waals surface area (Å²) >= 11 is 9.38. The third kappa shape index (κ3) is 1.54. The average Bonchev–Trinajstić information content (AvgIpc) is 2.57. The normalized spacial score (nSPS) is 11.1. The van der Waals surface area contributed by atoms with Crippen LogP contribution in [0.4, 0.5) is 0 Å². The Morgan fingerprint density at radius 1 is 1.50 bits per heavy atom. The highest BCUT2D eigenvalue weighted by atomic mass is 35.5. The van der Waals surface area contributed by atoms with Crippen molar-refractivity contribution in [2.45, 2.75) is 10.8 Å². The molecular weight excluding hydrogens is 236 g/mol. The Kier molecular flexibility index (Phi) is 3.02. The Hall–Kier alpha value is -0.220. The molecule has 1 aromatic carbocycles. The minimum atomic E-state index is 0.0799. The third-order valence-corrected chi connectivity index (χ3v) is 4.95. The van der Waals surface area contributed by atoms with Crippen LogP contribution in [0.5, 0.6) is 0 Å². The molecule has 1 N–H and O–H groups in total. The van der Waals surface area contributed by atoms with Crippen molar-refractivity contribution in [1.29, 1.82) is 0 Å². The molecule has 0 aliphatic rings. The van der Waals surface area contributed by atoms with Gasteiger partial charge in [0, 0.05) is 10.9 Å². The predicted octanol–water partition coefficient (Wildman–Crippen LogP) is 3.77. The summed E-state index contributed by atoms with van der Waals surface area (Å²) < 4.78 is 2.22. The zero-order valence-electron chi connectivity index (χ0n) is 7.58. The molecule has 4 heteroatoms. The van der Waals surface area contributed by atoms with Gasteiger partial charge in [0.2, 0.25) is 0 Å². The first-order valence-electron chi connectivity index (χ1n) is 4.12. The van der Waals surface area contributed by atoms with Gasteiger partial charge in [0.1, 0.15) is 0 Å². The lowest BCUT2D eigenvalue weighted by Crippen LogP contribution is -1.81. The molecule has 0 saturated carbocycles. The van der Waals surface area contributed by atoms with Crippen LogP contribution in [0.25, 0.3) is 10.1 Å². The van der Waals surface area contributed by atoms with Crippen molar-refractivity contribution in [2.24, 2.45) is 0 Å². The molecule has 0 spiro atoms. The van der Waals surface area contributed by atoms with Crippen molar-refractivity contribution < 1.29 is 5.11 Å². The Morgan fingerprint density at radius 3 is 2.93 bits per heavy atom. The number of thioether (sulfide) groups is 1. The van der Waals surface area contributed by atoms with E-state index in [9.17, 15) is 5.11 Å². The molecule has 0 amide bonds. The van der Waals surface area contributed by atoms with Crippen LogP contribution in [0.15, 0.2) is 22.4 Å². The largest absolute Gasteiger partial charge is 0.392 e. The van der Waals surface area contributed by atoms with E-state index in [-0.39, 0.29) is 6.61 Å². The van der Waals surface area contributed by atoms with E-state index < -0.39 is 0 Å². The first kappa shape index (κ1) is 10.3. The van der Waals surface area contributed by atoms with Crippen LogP contribution in [0.3, 0.4) is 0 Å². The molecule has 74 valence electrons. The molecular formula is C10H9ClOS2. The summed E-state index contributed by atoms with van der Waals surface area (Å²) in [6, 6.07) is 5.80. The Balaban J connectivity index is 2.79. The second-order valence-corrected chi connectivity index (χ2v) is 5.35. The summed E-state index contributed by atoms with van der Waals surface area (Å²) in [7, 11) is 0. The molecule has 1 nitrogen and oxygen atoms in total. The first-order valence-corrected chi connectivity index (χ1v) is 6.54. The lowest BCUT2D eigenvalue weighted by molar-refractivity contribution is 0.281. The number of benzene rings is 1. The molecule has 2 aromatic rings. The second-order valence-electron chi connectivity index (χ2n) is 2.85. The number of hydrogen-bond acceptors (Lipinski definition) is 3. The lowest BCUT2D eigenvalue weighted by Gasteiger charge is -1.96. The van der Waals surface area contributed by atoms with E-state index in [1.165, 1.54) is 0 Å². The quantitative estimate of drug-likeness (QED) is 0.812. The highest BCUT2D eigenvalue weighted by Gasteiger charge is 2.11. The predicted molar refractivity (Wildman–Crippen MR) is 64.5 cm³/mol. The van der Waals surface area contributed by atoms with Crippen LogP contribution in [0.1, 0.15) is 5.56 Å². The van der Waals surface area contributed by atoms with Crippen molar-refractivity contribution >= 4 is 44.8 Å². The number of hydrogen-bond donors (Lipinski definition) is 1. The minimum absolute atomic E-state index is 0.0799. The molecule has 0 radical (unpaired) electrons. The molecule has 0 aliphatic heterocycles. The number of aliphatic hydroxyl groups excluding tert-OH is 1. The van der Waals surface area contributed by atoms with E-state index in [4.69, 9.17) is 11.6 Å². The molecule has 0 saturated heterocycles. The average molecular weight is 245 g/mol. The van der Waals surface area contributed by atoms with Crippen LogP contribution in [-0.4, -0.2) is 11.4 Å². The topological polar surface area (TPSA) is 20.2 Å². The summed E-state index contributed by atoms with van der Waals surface area (Å²) in [4.78, 5) is 0. The monoisotopic (exact) mass is 244 g/mol. The third-order valence-electron chi connectivity index (χ3n) is 2.08. The number of thiophene rings is 1. The number of halogens is 1. The van der Waals surface area contributed by atoms with E-state index in [2.05, 4.69) is 0 Å². The van der Waals surface area contributed by atoms with Crippen molar-refractivity contribution in [1.82, 2.24) is 0 Å². The lowest BCUT2D eigenvalue weighted by atomic mass is 10.2. The Labute approximate surface area is 95.7 Å². The summed E-state index contributed by atoms with van der Waals surface area (Å²) in [5.74, 6) is 0. The standard InChI is InChI=1S/C10H9ClOS2/c1-13-10-7(5-12)6-3-2-4-8(11)9(6)14-10/h2-4,12H,5H2,1H3. The van der Waals surface area contributed by atoms with Gasteiger partial charge in [-0.15, -0.1) is 23.1 Å². The molecule has 0 fully saturated rings. The first-order chi connectivity index (χ1) is 6.77.